The average molecular weight is 135 g/mol. The van der Waals surface area contributed by atoms with E-state index >= 15 is 0 Å². The number of aliphatic carboxylic acids is 2. The molecule has 0 rings (SSSR count). The third-order valence-corrected chi connectivity index (χ3v) is 0.712. The van der Waals surface area contributed by atoms with Crippen LogP contribution in [0.3, 0.4) is 0 Å². The number of nitrogens with two attached hydrogens (primary N) is 1. The summed E-state index contributed by atoms with van der Waals surface area (Å²) in [6.07, 6.45) is -0.532. The zero-order valence-corrected chi connectivity index (χ0v) is 4.57. The maximum absolute atomic E-state index is 9.85. The van der Waals surface area contributed by atoms with E-state index in [4.69, 9.17) is 15.9 Å². The summed E-state index contributed by atoms with van der Waals surface area (Å²) in [4.78, 5) is 19.6. The number of carbonyl (C=O) groups is 2. The van der Waals surface area contributed by atoms with E-state index in [9.17, 15) is 9.59 Å². The van der Waals surface area contributed by atoms with Gasteiger partial charge in [-0.15, -0.1) is 0 Å². The van der Waals surface area contributed by atoms with E-state index in [0.717, 1.165) is 0 Å². The van der Waals surface area contributed by atoms with E-state index in [2.05, 4.69) is 0 Å². The Morgan fingerprint density at radius 2 is 1.89 bits per heavy atom. The van der Waals surface area contributed by atoms with Crippen molar-refractivity contribution in [2.45, 2.75) is 12.5 Å². The number of rotatable bonds is 3. The summed E-state index contributed by atoms with van der Waals surface area (Å²) in [5, 5.41) is 16.0. The first kappa shape index (κ1) is 7.90. The Labute approximate surface area is 51.1 Å². The number of hydrogen-bond acceptors (Lipinski definition) is 3. The van der Waals surface area contributed by atoms with E-state index in [1.165, 1.54) is 0 Å². The second-order valence-electron chi connectivity index (χ2n) is 1.54. The molecule has 0 amide bonds. The van der Waals surface area contributed by atoms with Gasteiger partial charge >= 0.3 is 11.9 Å². The Balaban J connectivity index is 3.63. The fourth-order valence-electron chi connectivity index (χ4n) is 0.275. The molecule has 4 N–H and O–H groups in total. The van der Waals surface area contributed by atoms with Gasteiger partial charge in [-0.25, -0.2) is 0 Å². The first-order valence-electron chi connectivity index (χ1n) is 2.24. The van der Waals surface area contributed by atoms with Gasteiger partial charge in [0, 0.05) is 0 Å². The molecule has 0 heterocycles. The molecular weight excluding hydrogens is 128 g/mol. The quantitative estimate of drug-likeness (QED) is 0.336. The molecule has 1 atom stereocenters. The van der Waals surface area contributed by atoms with Crippen LogP contribution in [0.15, 0.2) is 0 Å². The van der Waals surface area contributed by atoms with Crippen LogP contribution in [0.5, 0.6) is 0 Å². The lowest BCUT2D eigenvalue weighted by Crippen LogP contribution is -2.32. The third-order valence-electron chi connectivity index (χ3n) is 0.712. The molecule has 5 nitrogen and oxygen atoms in total. The molecule has 9 heavy (non-hydrogen) atoms. The van der Waals surface area contributed by atoms with Crippen molar-refractivity contribution in [3.05, 3.63) is 0 Å². The SMILES string of the molecule is [15NH2][13CH](CC(=O)O)C(=O)O. The molecule has 0 spiro atoms. The largest absolute Gasteiger partial charge is 0.481 e. The molecular formula is C4H7NO4. The second-order valence-corrected chi connectivity index (χ2v) is 1.54. The summed E-state index contributed by atoms with van der Waals surface area (Å²) in [5.74, 6) is -2.50. The average Bonchev–Trinajstić information content (AvgIpc) is 1.63. The van der Waals surface area contributed by atoms with Gasteiger partial charge in [-0.1, -0.05) is 0 Å². The van der Waals surface area contributed by atoms with Crippen LogP contribution in [-0.4, -0.2) is 28.2 Å². The summed E-state index contributed by atoms with van der Waals surface area (Å²) < 4.78 is 0. The standard InChI is InChI=1S/C4H7NO4/c5-2(4(8)9)1-3(6)7/h2H,1,5H2,(H,6,7)(H,8,9)/i2+1,5+1. The molecule has 0 saturated heterocycles. The van der Waals surface area contributed by atoms with Crippen LogP contribution in [-0.2, 0) is 9.59 Å². The highest BCUT2D eigenvalue weighted by Gasteiger charge is 2.14. The van der Waals surface area contributed by atoms with Crippen molar-refractivity contribution < 1.29 is 19.8 Å². The zero-order valence-electron chi connectivity index (χ0n) is 4.57. The van der Waals surface area contributed by atoms with Crippen LogP contribution in [0.2, 0.25) is 0 Å². The summed E-state index contributed by atoms with van der Waals surface area (Å²) in [7, 11) is 0. The van der Waals surface area contributed by atoms with Crippen LogP contribution in [0.1, 0.15) is 6.42 Å². The van der Waals surface area contributed by atoms with Crippen LogP contribution in [0.4, 0.5) is 0 Å². The van der Waals surface area contributed by atoms with Crippen molar-refractivity contribution in [3.63, 3.8) is 0 Å². The van der Waals surface area contributed by atoms with Crippen molar-refractivity contribution in [2.75, 3.05) is 0 Å². The highest BCUT2D eigenvalue weighted by atomic mass is 16.4. The first-order chi connectivity index (χ1) is 4.04. The van der Waals surface area contributed by atoms with Crippen molar-refractivity contribution in [1.82, 2.24) is 0 Å². The molecule has 5 heteroatoms. The number of carboxylic acid groups (broad SMARTS) is 2. The van der Waals surface area contributed by atoms with Gasteiger partial charge in [0.1, 0.15) is 6.04 Å². The fraction of sp³-hybridized carbons (Fsp3) is 0.500. The Kier molecular flexibility index (Phi) is 2.66. The molecule has 0 aliphatic heterocycles. The minimum atomic E-state index is -1.29. The highest BCUT2D eigenvalue weighted by Crippen LogP contribution is 1.86. The van der Waals surface area contributed by atoms with Crippen molar-refractivity contribution in [2.24, 2.45) is 5.73 Å². The van der Waals surface area contributed by atoms with E-state index in [0.29, 0.717) is 0 Å². The molecule has 0 aromatic carbocycles. The van der Waals surface area contributed by atoms with E-state index in [-0.39, 0.29) is 0 Å². The predicted molar refractivity (Wildman–Crippen MR) is 27.9 cm³/mol. The lowest BCUT2D eigenvalue weighted by molar-refractivity contribution is -0.144. The van der Waals surface area contributed by atoms with Crippen LogP contribution in [0, 0.1) is 0 Å². The van der Waals surface area contributed by atoms with Gasteiger partial charge in [0.15, 0.2) is 0 Å². The smallest absolute Gasteiger partial charge is 0.321 e. The molecule has 1 unspecified atom stereocenters. The summed E-state index contributed by atoms with van der Waals surface area (Å²) in [6, 6.07) is -1.29. The summed E-state index contributed by atoms with van der Waals surface area (Å²) >= 11 is 0. The predicted octanol–water partition coefficient (Wildman–Crippen LogP) is -1.13. The Morgan fingerprint density at radius 1 is 1.44 bits per heavy atom. The zero-order chi connectivity index (χ0) is 7.44. The number of carboxylic acids is 2. The summed E-state index contributed by atoms with van der Waals surface area (Å²) in [5.41, 5.74) is 4.84. The minimum Gasteiger partial charge on any atom is -0.481 e. The minimum absolute atomic E-state index is 0.532. The molecule has 0 bridgehead atoms. The molecule has 0 aliphatic carbocycles. The van der Waals surface area contributed by atoms with E-state index < -0.39 is 24.4 Å². The molecule has 52 valence electrons. The second kappa shape index (κ2) is 3.03. The fourth-order valence-corrected chi connectivity index (χ4v) is 0.275. The highest BCUT2D eigenvalue weighted by molar-refractivity contribution is 5.80. The first-order valence-corrected chi connectivity index (χ1v) is 2.24. The van der Waals surface area contributed by atoms with E-state index in [1.807, 2.05) is 0 Å². The molecule has 0 fully saturated rings. The van der Waals surface area contributed by atoms with Gasteiger partial charge in [0.05, 0.1) is 6.42 Å². The maximum atomic E-state index is 9.85. The van der Waals surface area contributed by atoms with Gasteiger partial charge in [-0.2, -0.15) is 0 Å². The third kappa shape index (κ3) is 3.48. The summed E-state index contributed by atoms with van der Waals surface area (Å²) in [6.45, 7) is 0. The topological polar surface area (TPSA) is 101 Å². The molecule has 0 radical (unpaired) electrons. The maximum Gasteiger partial charge on any atom is 0.321 e. The molecule has 0 aromatic heterocycles. The normalized spacial score (nSPS) is 12.6. The van der Waals surface area contributed by atoms with Gasteiger partial charge in [-0.05, 0) is 0 Å². The van der Waals surface area contributed by atoms with E-state index in [1.54, 1.807) is 0 Å². The van der Waals surface area contributed by atoms with Crippen molar-refractivity contribution >= 4 is 11.9 Å². The molecule has 0 aliphatic rings. The molecule has 0 aromatic rings. The van der Waals surface area contributed by atoms with Crippen LogP contribution >= 0.6 is 0 Å². The Bertz CT molecular complexity index is 133. The Hall–Kier alpha value is -1.10. The van der Waals surface area contributed by atoms with Crippen molar-refractivity contribution in [1.29, 1.82) is 0 Å². The van der Waals surface area contributed by atoms with Crippen LogP contribution < -0.4 is 5.73 Å². The van der Waals surface area contributed by atoms with Gasteiger partial charge in [-0.3, -0.25) is 9.59 Å². The Morgan fingerprint density at radius 3 is 2.00 bits per heavy atom. The van der Waals surface area contributed by atoms with Gasteiger partial charge in [0.2, 0.25) is 0 Å². The van der Waals surface area contributed by atoms with Gasteiger partial charge in [0.25, 0.3) is 0 Å². The van der Waals surface area contributed by atoms with Gasteiger partial charge < -0.3 is 15.9 Å². The lowest BCUT2D eigenvalue weighted by atomic mass is 10.5. The van der Waals surface area contributed by atoms with Crippen molar-refractivity contribution in [3.8, 4) is 0 Å². The molecule has 0 saturated carbocycles. The number of hydrogen-bond donors (Lipinski definition) is 3. The monoisotopic (exact) mass is 135 g/mol. The van der Waals surface area contributed by atoms with Crippen LogP contribution in [0.25, 0.3) is 0 Å². The lowest BCUT2D eigenvalue weighted by Gasteiger charge is -1.99.